The second-order valence-corrected chi connectivity index (χ2v) is 6.15. The average Bonchev–Trinajstić information content (AvgIpc) is 3.21. The Morgan fingerprint density at radius 3 is 2.71 bits per heavy atom. The summed E-state index contributed by atoms with van der Waals surface area (Å²) < 4.78 is 3.56. The van der Waals surface area contributed by atoms with Crippen molar-refractivity contribution >= 4 is 22.6 Å². The Morgan fingerprint density at radius 1 is 1.12 bits per heavy atom. The molecule has 4 heterocycles. The van der Waals surface area contributed by atoms with E-state index in [1.54, 1.807) is 28.2 Å². The zero-order chi connectivity index (χ0) is 16.8. The highest BCUT2D eigenvalue weighted by Crippen LogP contribution is 2.34. The number of nitrogens with one attached hydrogen (secondary N) is 1. The smallest absolute Gasteiger partial charge is 0.225 e. The van der Waals surface area contributed by atoms with E-state index in [-0.39, 0.29) is 18.0 Å². The Hall–Kier alpha value is -2.90. The third kappa shape index (κ3) is 2.14. The van der Waals surface area contributed by atoms with Gasteiger partial charge in [0.2, 0.25) is 5.91 Å². The van der Waals surface area contributed by atoms with Crippen molar-refractivity contribution in [2.75, 3.05) is 12.4 Å². The molecule has 4 rings (SSSR count). The summed E-state index contributed by atoms with van der Waals surface area (Å²) in [5.41, 5.74) is 2.76. The third-order valence-electron chi connectivity index (χ3n) is 4.72. The number of carbonyl (C=O) groups excluding carboxylic acids is 1. The molecule has 1 fully saturated rings. The summed E-state index contributed by atoms with van der Waals surface area (Å²) >= 11 is 0. The lowest BCUT2D eigenvalue weighted by molar-refractivity contribution is -0.127. The summed E-state index contributed by atoms with van der Waals surface area (Å²) in [7, 11) is 5.60. The molecular formula is C16H19N7O. The van der Waals surface area contributed by atoms with Gasteiger partial charge in [-0.05, 0) is 12.1 Å². The molecule has 0 saturated carbocycles. The van der Waals surface area contributed by atoms with Crippen molar-refractivity contribution in [3.05, 3.63) is 36.4 Å². The van der Waals surface area contributed by atoms with Crippen LogP contribution in [0.5, 0.6) is 0 Å². The van der Waals surface area contributed by atoms with E-state index in [9.17, 15) is 4.79 Å². The Morgan fingerprint density at radius 2 is 1.96 bits per heavy atom. The molecule has 1 saturated heterocycles. The molecule has 1 aliphatic heterocycles. The standard InChI is InChI=1S/C16H19N7O/c1-21-14(24)8-12(15(21)13-5-7-18-22(13)2)20-11-4-6-17-16-10(11)9-19-23(16)3/h4-7,9,12,15H,8H2,1-3H3,(H,17,20)/t12-,15-/m1/s1. The number of rotatable bonds is 3. The largest absolute Gasteiger partial charge is 0.379 e. The van der Waals surface area contributed by atoms with E-state index in [1.165, 1.54) is 0 Å². The molecule has 3 aromatic heterocycles. The summed E-state index contributed by atoms with van der Waals surface area (Å²) in [6.07, 6.45) is 5.75. The first-order chi connectivity index (χ1) is 11.6. The number of nitrogens with zero attached hydrogens (tertiary/aromatic N) is 6. The SMILES string of the molecule is CN1C(=O)C[C@@H](Nc2ccnc3c2cnn3C)[C@@H]1c1ccnn1C. The number of pyridine rings is 1. The Balaban J connectivity index is 1.72. The van der Waals surface area contributed by atoms with Crippen molar-refractivity contribution in [2.24, 2.45) is 14.1 Å². The Labute approximate surface area is 139 Å². The van der Waals surface area contributed by atoms with Crippen LogP contribution in [0.15, 0.2) is 30.7 Å². The number of carbonyl (C=O) groups is 1. The van der Waals surface area contributed by atoms with E-state index in [1.807, 2.05) is 38.0 Å². The summed E-state index contributed by atoms with van der Waals surface area (Å²) in [6.45, 7) is 0. The van der Waals surface area contributed by atoms with E-state index < -0.39 is 0 Å². The fraction of sp³-hybridized carbons (Fsp3) is 0.375. The minimum absolute atomic E-state index is 0.0382. The van der Waals surface area contributed by atoms with Crippen molar-refractivity contribution in [1.82, 2.24) is 29.4 Å². The van der Waals surface area contributed by atoms with E-state index >= 15 is 0 Å². The highest BCUT2D eigenvalue weighted by molar-refractivity contribution is 5.89. The van der Waals surface area contributed by atoms with Crippen LogP contribution in [0.25, 0.3) is 11.0 Å². The molecule has 1 amide bonds. The Bertz CT molecular complexity index is 912. The van der Waals surface area contributed by atoms with Crippen molar-refractivity contribution in [3.8, 4) is 0 Å². The molecule has 1 N–H and O–H groups in total. The van der Waals surface area contributed by atoms with Crippen LogP contribution in [0.1, 0.15) is 18.2 Å². The summed E-state index contributed by atoms with van der Waals surface area (Å²) in [6, 6.07) is 3.78. The number of anilines is 1. The van der Waals surface area contributed by atoms with Gasteiger partial charge in [0.1, 0.15) is 0 Å². The van der Waals surface area contributed by atoms with Gasteiger partial charge in [-0.2, -0.15) is 10.2 Å². The van der Waals surface area contributed by atoms with Crippen molar-refractivity contribution in [2.45, 2.75) is 18.5 Å². The first-order valence-electron chi connectivity index (χ1n) is 7.83. The maximum Gasteiger partial charge on any atom is 0.225 e. The molecule has 8 heteroatoms. The zero-order valence-electron chi connectivity index (χ0n) is 13.8. The fourth-order valence-electron chi connectivity index (χ4n) is 3.45. The van der Waals surface area contributed by atoms with Crippen LogP contribution in [0, 0.1) is 0 Å². The van der Waals surface area contributed by atoms with Crippen LogP contribution in [-0.4, -0.2) is 48.4 Å². The molecule has 0 unspecified atom stereocenters. The third-order valence-corrected chi connectivity index (χ3v) is 4.72. The molecule has 0 aromatic carbocycles. The fourth-order valence-corrected chi connectivity index (χ4v) is 3.45. The van der Waals surface area contributed by atoms with Gasteiger partial charge in [0.15, 0.2) is 5.65 Å². The second-order valence-electron chi connectivity index (χ2n) is 6.15. The summed E-state index contributed by atoms with van der Waals surface area (Å²) in [5.74, 6) is 0.121. The maximum absolute atomic E-state index is 12.3. The average molecular weight is 325 g/mol. The van der Waals surface area contributed by atoms with Crippen LogP contribution in [0.3, 0.4) is 0 Å². The normalized spacial score (nSPS) is 21.0. The first kappa shape index (κ1) is 14.7. The first-order valence-corrected chi connectivity index (χ1v) is 7.83. The molecule has 8 nitrogen and oxygen atoms in total. The van der Waals surface area contributed by atoms with E-state index in [0.717, 1.165) is 22.4 Å². The van der Waals surface area contributed by atoms with Crippen molar-refractivity contribution in [1.29, 1.82) is 0 Å². The molecule has 0 radical (unpaired) electrons. The molecule has 0 bridgehead atoms. The van der Waals surface area contributed by atoms with E-state index in [2.05, 4.69) is 20.5 Å². The van der Waals surface area contributed by atoms with Crippen LogP contribution in [-0.2, 0) is 18.9 Å². The number of amides is 1. The summed E-state index contributed by atoms with van der Waals surface area (Å²) in [5, 5.41) is 13.0. The van der Waals surface area contributed by atoms with Crippen LogP contribution < -0.4 is 5.32 Å². The molecule has 0 aliphatic carbocycles. The van der Waals surface area contributed by atoms with Gasteiger partial charge < -0.3 is 10.2 Å². The van der Waals surface area contributed by atoms with Crippen LogP contribution in [0.4, 0.5) is 5.69 Å². The molecule has 0 spiro atoms. The number of fused-ring (bicyclic) bond motifs is 1. The van der Waals surface area contributed by atoms with Crippen molar-refractivity contribution < 1.29 is 4.79 Å². The number of likely N-dealkylation sites (N-methyl/N-ethyl adjacent to an activating group) is 1. The lowest BCUT2D eigenvalue weighted by Gasteiger charge is -2.26. The summed E-state index contributed by atoms with van der Waals surface area (Å²) in [4.78, 5) is 18.4. The minimum Gasteiger partial charge on any atom is -0.379 e. The monoisotopic (exact) mass is 325 g/mol. The number of likely N-dealkylation sites (tertiary alicyclic amines) is 1. The van der Waals surface area contributed by atoms with Crippen molar-refractivity contribution in [3.63, 3.8) is 0 Å². The van der Waals surface area contributed by atoms with Gasteiger partial charge in [0.05, 0.1) is 29.4 Å². The zero-order valence-corrected chi connectivity index (χ0v) is 13.8. The number of aromatic nitrogens is 5. The number of aryl methyl sites for hydroxylation is 2. The lowest BCUT2D eigenvalue weighted by atomic mass is 10.0. The van der Waals surface area contributed by atoms with Crippen LogP contribution >= 0.6 is 0 Å². The number of hydrogen-bond acceptors (Lipinski definition) is 5. The molecular weight excluding hydrogens is 306 g/mol. The van der Waals surface area contributed by atoms with Gasteiger partial charge in [-0.15, -0.1) is 0 Å². The predicted octanol–water partition coefficient (Wildman–Crippen LogP) is 1.09. The number of hydrogen-bond donors (Lipinski definition) is 1. The molecule has 24 heavy (non-hydrogen) atoms. The van der Waals surface area contributed by atoms with Gasteiger partial charge in [-0.1, -0.05) is 0 Å². The van der Waals surface area contributed by atoms with Gasteiger partial charge in [-0.3, -0.25) is 14.2 Å². The molecule has 1 aliphatic rings. The maximum atomic E-state index is 12.3. The topological polar surface area (TPSA) is 80.9 Å². The van der Waals surface area contributed by atoms with E-state index in [0.29, 0.717) is 6.42 Å². The second kappa shape index (κ2) is 5.33. The van der Waals surface area contributed by atoms with Gasteiger partial charge in [0.25, 0.3) is 0 Å². The van der Waals surface area contributed by atoms with Gasteiger partial charge >= 0.3 is 0 Å². The Kier molecular flexibility index (Phi) is 3.26. The lowest BCUT2D eigenvalue weighted by Crippen LogP contribution is -2.31. The highest BCUT2D eigenvalue weighted by atomic mass is 16.2. The quantitative estimate of drug-likeness (QED) is 0.779. The van der Waals surface area contributed by atoms with E-state index in [4.69, 9.17) is 0 Å². The minimum atomic E-state index is -0.0649. The van der Waals surface area contributed by atoms with Gasteiger partial charge in [-0.25, -0.2) is 4.98 Å². The van der Waals surface area contributed by atoms with Crippen LogP contribution in [0.2, 0.25) is 0 Å². The van der Waals surface area contributed by atoms with Gasteiger partial charge in [0, 0.05) is 45.6 Å². The predicted molar refractivity (Wildman–Crippen MR) is 89.3 cm³/mol. The highest BCUT2D eigenvalue weighted by Gasteiger charge is 2.40. The molecule has 124 valence electrons. The molecule has 2 atom stereocenters. The molecule has 3 aromatic rings.